The van der Waals surface area contributed by atoms with E-state index in [4.69, 9.17) is 10.8 Å². The van der Waals surface area contributed by atoms with Gasteiger partial charge in [-0.05, 0) is 24.1 Å². The van der Waals surface area contributed by atoms with Crippen molar-refractivity contribution in [1.29, 1.82) is 0 Å². The molecule has 0 aromatic heterocycles. The molecule has 3 amide bonds. The summed E-state index contributed by atoms with van der Waals surface area (Å²) in [6.07, 6.45) is -0.867. The maximum atomic E-state index is 12.6. The number of carboxylic acid groups (broad SMARTS) is 2. The van der Waals surface area contributed by atoms with Gasteiger partial charge in [0.2, 0.25) is 17.7 Å². The van der Waals surface area contributed by atoms with Crippen LogP contribution in [0.25, 0.3) is 0 Å². The molecular formula is C18H24N4O8. The molecule has 0 aliphatic carbocycles. The highest BCUT2D eigenvalue weighted by Gasteiger charge is 2.27. The molecule has 0 saturated carbocycles. The van der Waals surface area contributed by atoms with Gasteiger partial charge in [0.15, 0.2) is 0 Å². The summed E-state index contributed by atoms with van der Waals surface area (Å²) in [5, 5.41) is 34.1. The maximum absolute atomic E-state index is 12.6. The van der Waals surface area contributed by atoms with Gasteiger partial charge in [-0.15, -0.1) is 0 Å². The molecule has 12 nitrogen and oxygen atoms in total. The van der Waals surface area contributed by atoms with E-state index in [1.165, 1.54) is 24.3 Å². The molecule has 0 spiro atoms. The Hall–Kier alpha value is -3.67. The van der Waals surface area contributed by atoms with Crippen LogP contribution in [0.3, 0.4) is 0 Å². The maximum Gasteiger partial charge on any atom is 0.326 e. The summed E-state index contributed by atoms with van der Waals surface area (Å²) in [6.45, 7) is -0.772. The van der Waals surface area contributed by atoms with Crippen molar-refractivity contribution in [2.45, 2.75) is 31.3 Å². The SMILES string of the molecule is NCC(=O)NCC(=O)NC(Cc1ccc(O)cc1)C(=O)NC(CCC(=O)O)C(=O)O. The normalized spacial score (nSPS) is 12.3. The predicted octanol–water partition coefficient (Wildman–Crippen LogP) is -2.07. The lowest BCUT2D eigenvalue weighted by Crippen LogP contribution is -2.54. The van der Waals surface area contributed by atoms with E-state index in [0.717, 1.165) is 0 Å². The molecule has 1 aromatic carbocycles. The zero-order chi connectivity index (χ0) is 22.7. The Morgan fingerprint density at radius 1 is 0.933 bits per heavy atom. The van der Waals surface area contributed by atoms with E-state index < -0.39 is 54.7 Å². The molecule has 2 atom stereocenters. The summed E-state index contributed by atoms with van der Waals surface area (Å²) in [6, 6.07) is 3.09. The van der Waals surface area contributed by atoms with Gasteiger partial charge in [0.1, 0.15) is 17.8 Å². The van der Waals surface area contributed by atoms with E-state index in [1.54, 1.807) is 0 Å². The van der Waals surface area contributed by atoms with Gasteiger partial charge in [0.05, 0.1) is 13.1 Å². The van der Waals surface area contributed by atoms with Gasteiger partial charge in [0.25, 0.3) is 0 Å². The van der Waals surface area contributed by atoms with Crippen LogP contribution < -0.4 is 21.7 Å². The number of phenols is 1. The van der Waals surface area contributed by atoms with E-state index in [0.29, 0.717) is 5.56 Å². The smallest absolute Gasteiger partial charge is 0.326 e. The van der Waals surface area contributed by atoms with E-state index in [1.807, 2.05) is 0 Å². The summed E-state index contributed by atoms with van der Waals surface area (Å²) < 4.78 is 0. The Bertz CT molecular complexity index is 781. The van der Waals surface area contributed by atoms with Crippen molar-refractivity contribution < 1.29 is 39.3 Å². The summed E-state index contributed by atoms with van der Waals surface area (Å²) in [5.74, 6) is -4.79. The van der Waals surface area contributed by atoms with Crippen molar-refractivity contribution in [3.63, 3.8) is 0 Å². The second-order valence-electron chi connectivity index (χ2n) is 6.30. The van der Waals surface area contributed by atoms with Crippen molar-refractivity contribution in [2.75, 3.05) is 13.1 Å². The zero-order valence-electron chi connectivity index (χ0n) is 16.0. The Labute approximate surface area is 171 Å². The molecule has 12 heteroatoms. The quantitative estimate of drug-likeness (QED) is 0.196. The second kappa shape index (κ2) is 12.0. The van der Waals surface area contributed by atoms with Crippen LogP contribution in [0, 0.1) is 0 Å². The van der Waals surface area contributed by atoms with Crippen molar-refractivity contribution in [3.05, 3.63) is 29.8 Å². The van der Waals surface area contributed by atoms with E-state index in [2.05, 4.69) is 16.0 Å². The number of carboxylic acids is 2. The van der Waals surface area contributed by atoms with Gasteiger partial charge in [-0.1, -0.05) is 12.1 Å². The molecular weight excluding hydrogens is 400 g/mol. The number of hydrogen-bond acceptors (Lipinski definition) is 7. The molecule has 0 saturated heterocycles. The number of phenolic OH excluding ortho intramolecular Hbond substituents is 1. The van der Waals surface area contributed by atoms with Crippen LogP contribution in [0.2, 0.25) is 0 Å². The number of hydrogen-bond donors (Lipinski definition) is 7. The molecule has 30 heavy (non-hydrogen) atoms. The van der Waals surface area contributed by atoms with Gasteiger partial charge in [-0.25, -0.2) is 4.79 Å². The molecule has 2 unspecified atom stereocenters. The lowest BCUT2D eigenvalue weighted by atomic mass is 10.0. The first-order chi connectivity index (χ1) is 14.1. The minimum absolute atomic E-state index is 0.00658. The first kappa shape index (κ1) is 24.4. The third-order valence-electron chi connectivity index (χ3n) is 3.92. The summed E-state index contributed by atoms with van der Waals surface area (Å²) in [5.41, 5.74) is 5.68. The van der Waals surface area contributed by atoms with Crippen molar-refractivity contribution in [2.24, 2.45) is 5.73 Å². The number of benzene rings is 1. The summed E-state index contributed by atoms with van der Waals surface area (Å²) >= 11 is 0. The van der Waals surface area contributed by atoms with Gasteiger partial charge in [-0.3, -0.25) is 19.2 Å². The van der Waals surface area contributed by atoms with E-state index in [-0.39, 0.29) is 25.1 Å². The number of nitrogens with one attached hydrogen (secondary N) is 3. The fourth-order valence-corrected chi connectivity index (χ4v) is 2.37. The Kier molecular flexibility index (Phi) is 9.76. The topological polar surface area (TPSA) is 208 Å². The second-order valence-corrected chi connectivity index (χ2v) is 6.30. The number of nitrogens with two attached hydrogens (primary N) is 1. The molecule has 1 rings (SSSR count). The molecule has 1 aromatic rings. The molecule has 0 heterocycles. The standard InChI is InChI=1S/C18H24N4O8/c19-8-14(24)20-9-15(25)21-13(7-10-1-3-11(23)4-2-10)17(28)22-12(18(29)30)5-6-16(26)27/h1-4,12-13,23H,5-9,19H2,(H,20,24)(H,21,25)(H,22,28)(H,26,27)(H,29,30). The Morgan fingerprint density at radius 3 is 2.10 bits per heavy atom. The number of carbonyl (C=O) groups excluding carboxylic acids is 3. The minimum atomic E-state index is -1.47. The monoisotopic (exact) mass is 424 g/mol. The van der Waals surface area contributed by atoms with Gasteiger partial charge < -0.3 is 37.0 Å². The average Bonchev–Trinajstić information content (AvgIpc) is 2.69. The number of aromatic hydroxyl groups is 1. The third kappa shape index (κ3) is 9.01. The summed E-state index contributed by atoms with van der Waals surface area (Å²) in [7, 11) is 0. The van der Waals surface area contributed by atoms with Crippen molar-refractivity contribution in [3.8, 4) is 5.75 Å². The van der Waals surface area contributed by atoms with Crippen LogP contribution in [0.5, 0.6) is 5.75 Å². The number of amides is 3. The predicted molar refractivity (Wildman–Crippen MR) is 102 cm³/mol. The third-order valence-corrected chi connectivity index (χ3v) is 3.92. The number of aliphatic carboxylic acids is 2. The fraction of sp³-hybridized carbons (Fsp3) is 0.389. The Balaban J connectivity index is 2.90. The molecule has 0 radical (unpaired) electrons. The minimum Gasteiger partial charge on any atom is -0.508 e. The van der Waals surface area contributed by atoms with Crippen molar-refractivity contribution in [1.82, 2.24) is 16.0 Å². The lowest BCUT2D eigenvalue weighted by molar-refractivity contribution is -0.143. The zero-order valence-corrected chi connectivity index (χ0v) is 16.0. The molecule has 0 bridgehead atoms. The fourth-order valence-electron chi connectivity index (χ4n) is 2.37. The molecule has 0 aliphatic rings. The van der Waals surface area contributed by atoms with Crippen LogP contribution in [0.4, 0.5) is 0 Å². The van der Waals surface area contributed by atoms with Gasteiger partial charge in [-0.2, -0.15) is 0 Å². The summed E-state index contributed by atoms with van der Waals surface area (Å²) in [4.78, 5) is 57.9. The van der Waals surface area contributed by atoms with Gasteiger partial charge in [0, 0.05) is 12.8 Å². The highest BCUT2D eigenvalue weighted by Crippen LogP contribution is 2.12. The molecule has 8 N–H and O–H groups in total. The largest absolute Gasteiger partial charge is 0.508 e. The highest BCUT2D eigenvalue weighted by atomic mass is 16.4. The average molecular weight is 424 g/mol. The van der Waals surface area contributed by atoms with Crippen LogP contribution in [0.1, 0.15) is 18.4 Å². The van der Waals surface area contributed by atoms with Crippen LogP contribution >= 0.6 is 0 Å². The van der Waals surface area contributed by atoms with Crippen LogP contribution in [0.15, 0.2) is 24.3 Å². The van der Waals surface area contributed by atoms with Crippen molar-refractivity contribution >= 4 is 29.7 Å². The molecule has 0 aliphatic heterocycles. The number of carbonyl (C=O) groups is 5. The van der Waals surface area contributed by atoms with Crippen LogP contribution in [-0.2, 0) is 30.4 Å². The van der Waals surface area contributed by atoms with Gasteiger partial charge >= 0.3 is 11.9 Å². The van der Waals surface area contributed by atoms with E-state index in [9.17, 15) is 34.2 Å². The Morgan fingerprint density at radius 2 is 1.57 bits per heavy atom. The van der Waals surface area contributed by atoms with Crippen LogP contribution in [-0.4, -0.2) is 70.2 Å². The lowest BCUT2D eigenvalue weighted by Gasteiger charge is -2.21. The highest BCUT2D eigenvalue weighted by molar-refractivity contribution is 5.92. The molecule has 164 valence electrons. The first-order valence-corrected chi connectivity index (χ1v) is 8.91. The van der Waals surface area contributed by atoms with E-state index >= 15 is 0 Å². The number of rotatable bonds is 12. The molecule has 0 fully saturated rings. The first-order valence-electron chi connectivity index (χ1n) is 8.91.